The second-order valence-corrected chi connectivity index (χ2v) is 4.31. The van der Waals surface area contributed by atoms with Crippen LogP contribution in [0.3, 0.4) is 0 Å². The number of aromatic nitrogens is 1. The van der Waals surface area contributed by atoms with Gasteiger partial charge in [-0.05, 0) is 24.3 Å². The van der Waals surface area contributed by atoms with Gasteiger partial charge in [-0.2, -0.15) is 0 Å². The van der Waals surface area contributed by atoms with E-state index in [0.29, 0.717) is 22.1 Å². The number of oxazole rings is 1. The summed E-state index contributed by atoms with van der Waals surface area (Å²) in [6.07, 6.45) is 0.795. The van der Waals surface area contributed by atoms with Gasteiger partial charge in [0.1, 0.15) is 11.8 Å². The Bertz CT molecular complexity index is 733. The SMILES string of the molecule is O=Cc1cccc(-c2nc3ccc(Cl)cc3o2)c1. The van der Waals surface area contributed by atoms with Crippen molar-refractivity contribution < 1.29 is 9.21 Å². The maximum atomic E-state index is 10.7. The van der Waals surface area contributed by atoms with E-state index < -0.39 is 0 Å². The van der Waals surface area contributed by atoms with E-state index in [2.05, 4.69) is 4.98 Å². The van der Waals surface area contributed by atoms with E-state index in [1.165, 1.54) is 0 Å². The largest absolute Gasteiger partial charge is 0.436 e. The highest BCUT2D eigenvalue weighted by Gasteiger charge is 2.08. The Morgan fingerprint density at radius 2 is 2.06 bits per heavy atom. The van der Waals surface area contributed by atoms with Crippen molar-refractivity contribution in [1.29, 1.82) is 0 Å². The highest BCUT2D eigenvalue weighted by atomic mass is 35.5. The molecule has 0 bridgehead atoms. The van der Waals surface area contributed by atoms with Crippen molar-refractivity contribution in [2.75, 3.05) is 0 Å². The van der Waals surface area contributed by atoms with Gasteiger partial charge >= 0.3 is 0 Å². The molecule has 88 valence electrons. The molecule has 0 aliphatic heterocycles. The quantitative estimate of drug-likeness (QED) is 0.653. The number of benzene rings is 2. The van der Waals surface area contributed by atoms with Crippen LogP contribution in [0.2, 0.25) is 5.02 Å². The Labute approximate surface area is 108 Å². The lowest BCUT2D eigenvalue weighted by Gasteiger charge is -1.95. The molecule has 1 aromatic heterocycles. The van der Waals surface area contributed by atoms with Gasteiger partial charge in [-0.3, -0.25) is 4.79 Å². The van der Waals surface area contributed by atoms with Gasteiger partial charge in [0.15, 0.2) is 5.58 Å². The van der Waals surface area contributed by atoms with Crippen LogP contribution in [0.15, 0.2) is 46.9 Å². The van der Waals surface area contributed by atoms with Crippen LogP contribution in [0, 0.1) is 0 Å². The number of halogens is 1. The first-order valence-electron chi connectivity index (χ1n) is 5.38. The molecule has 0 atom stereocenters. The number of hydrogen-bond acceptors (Lipinski definition) is 3. The third-order valence-corrected chi connectivity index (χ3v) is 2.86. The molecule has 0 aliphatic rings. The van der Waals surface area contributed by atoms with E-state index in [0.717, 1.165) is 17.4 Å². The normalized spacial score (nSPS) is 10.7. The molecule has 3 aromatic rings. The first-order chi connectivity index (χ1) is 8.76. The molecular weight excluding hydrogens is 250 g/mol. The summed E-state index contributed by atoms with van der Waals surface area (Å²) in [5.74, 6) is 0.482. The number of carbonyl (C=O) groups is 1. The zero-order valence-corrected chi connectivity index (χ0v) is 10.0. The summed E-state index contributed by atoms with van der Waals surface area (Å²) in [7, 11) is 0. The number of fused-ring (bicyclic) bond motifs is 1. The first kappa shape index (κ1) is 11.0. The van der Waals surface area contributed by atoms with Crippen molar-refractivity contribution in [3.05, 3.63) is 53.1 Å². The minimum Gasteiger partial charge on any atom is -0.436 e. The van der Waals surface area contributed by atoms with Gasteiger partial charge < -0.3 is 4.42 Å². The summed E-state index contributed by atoms with van der Waals surface area (Å²) in [4.78, 5) is 15.1. The zero-order valence-electron chi connectivity index (χ0n) is 9.26. The average Bonchev–Trinajstić information content (AvgIpc) is 2.81. The molecule has 2 aromatic carbocycles. The smallest absolute Gasteiger partial charge is 0.227 e. The minimum atomic E-state index is 0.482. The topological polar surface area (TPSA) is 43.1 Å². The maximum absolute atomic E-state index is 10.7. The van der Waals surface area contributed by atoms with Gasteiger partial charge in [0.05, 0.1) is 0 Å². The van der Waals surface area contributed by atoms with E-state index in [-0.39, 0.29) is 0 Å². The molecule has 0 spiro atoms. The molecule has 3 rings (SSSR count). The summed E-state index contributed by atoms with van der Waals surface area (Å²) >= 11 is 5.89. The molecular formula is C14H8ClNO2. The minimum absolute atomic E-state index is 0.482. The molecule has 0 amide bonds. The first-order valence-corrected chi connectivity index (χ1v) is 5.76. The second kappa shape index (κ2) is 4.27. The summed E-state index contributed by atoms with van der Waals surface area (Å²) < 4.78 is 5.62. The van der Waals surface area contributed by atoms with Gasteiger partial charge in [-0.25, -0.2) is 4.98 Å². The average molecular weight is 258 g/mol. The molecule has 0 saturated heterocycles. The van der Waals surface area contributed by atoms with E-state index in [4.69, 9.17) is 16.0 Å². The molecule has 0 saturated carbocycles. The molecule has 0 aliphatic carbocycles. The molecule has 18 heavy (non-hydrogen) atoms. The summed E-state index contributed by atoms with van der Waals surface area (Å²) in [6.45, 7) is 0. The Morgan fingerprint density at radius 1 is 1.17 bits per heavy atom. The van der Waals surface area contributed by atoms with Crippen LogP contribution >= 0.6 is 11.6 Å². The molecule has 3 nitrogen and oxygen atoms in total. The van der Waals surface area contributed by atoms with Crippen LogP contribution in [0.25, 0.3) is 22.6 Å². The Kier molecular flexibility index (Phi) is 2.61. The highest BCUT2D eigenvalue weighted by molar-refractivity contribution is 6.31. The van der Waals surface area contributed by atoms with Crippen molar-refractivity contribution in [1.82, 2.24) is 4.98 Å². The fraction of sp³-hybridized carbons (Fsp3) is 0. The van der Waals surface area contributed by atoms with Gasteiger partial charge in [-0.1, -0.05) is 23.7 Å². The van der Waals surface area contributed by atoms with Crippen LogP contribution in [0.1, 0.15) is 10.4 Å². The second-order valence-electron chi connectivity index (χ2n) is 3.87. The third kappa shape index (κ3) is 1.89. The zero-order chi connectivity index (χ0) is 12.5. The van der Waals surface area contributed by atoms with Crippen molar-refractivity contribution in [2.24, 2.45) is 0 Å². The predicted molar refractivity (Wildman–Crippen MR) is 69.8 cm³/mol. The van der Waals surface area contributed by atoms with Crippen LogP contribution in [0.5, 0.6) is 0 Å². The Morgan fingerprint density at radius 3 is 2.89 bits per heavy atom. The number of rotatable bonds is 2. The van der Waals surface area contributed by atoms with Crippen molar-refractivity contribution in [3.63, 3.8) is 0 Å². The van der Waals surface area contributed by atoms with Crippen LogP contribution < -0.4 is 0 Å². The van der Waals surface area contributed by atoms with Crippen molar-refractivity contribution in [2.45, 2.75) is 0 Å². The molecule has 4 heteroatoms. The molecule has 1 heterocycles. The standard InChI is InChI=1S/C14H8ClNO2/c15-11-4-5-12-13(7-11)18-14(16-12)10-3-1-2-9(6-10)8-17/h1-8H. The van der Waals surface area contributed by atoms with Gasteiger partial charge in [0, 0.05) is 22.2 Å². The highest BCUT2D eigenvalue weighted by Crippen LogP contribution is 2.26. The summed E-state index contributed by atoms with van der Waals surface area (Å²) in [5, 5.41) is 0.604. The summed E-state index contributed by atoms with van der Waals surface area (Å²) in [6, 6.07) is 12.4. The number of carbonyl (C=O) groups excluding carboxylic acids is 1. The van der Waals surface area contributed by atoms with E-state index in [1.807, 2.05) is 6.07 Å². The van der Waals surface area contributed by atoms with E-state index >= 15 is 0 Å². The van der Waals surface area contributed by atoms with Crippen LogP contribution in [-0.2, 0) is 0 Å². The van der Waals surface area contributed by atoms with Crippen LogP contribution in [0.4, 0.5) is 0 Å². The fourth-order valence-corrected chi connectivity index (χ4v) is 1.93. The number of nitrogens with zero attached hydrogens (tertiary/aromatic N) is 1. The van der Waals surface area contributed by atoms with Gasteiger partial charge in [0.25, 0.3) is 0 Å². The van der Waals surface area contributed by atoms with Crippen molar-refractivity contribution >= 4 is 29.0 Å². The Balaban J connectivity index is 2.15. The number of aldehydes is 1. The maximum Gasteiger partial charge on any atom is 0.227 e. The Hall–Kier alpha value is -2.13. The van der Waals surface area contributed by atoms with Gasteiger partial charge in [-0.15, -0.1) is 0 Å². The van der Waals surface area contributed by atoms with E-state index in [1.54, 1.807) is 36.4 Å². The third-order valence-electron chi connectivity index (χ3n) is 2.62. The lowest BCUT2D eigenvalue weighted by molar-refractivity contribution is 0.112. The molecule has 0 radical (unpaired) electrons. The monoisotopic (exact) mass is 257 g/mol. The fourth-order valence-electron chi connectivity index (χ4n) is 1.77. The van der Waals surface area contributed by atoms with Crippen molar-refractivity contribution in [3.8, 4) is 11.5 Å². The molecule has 0 N–H and O–H groups in total. The molecule has 0 unspecified atom stereocenters. The predicted octanol–water partition coefficient (Wildman–Crippen LogP) is 3.96. The van der Waals surface area contributed by atoms with Gasteiger partial charge in [0.2, 0.25) is 5.89 Å². The molecule has 0 fully saturated rings. The van der Waals surface area contributed by atoms with E-state index in [9.17, 15) is 4.79 Å². The lowest BCUT2D eigenvalue weighted by Crippen LogP contribution is -1.81. The number of hydrogen-bond donors (Lipinski definition) is 0. The summed E-state index contributed by atoms with van der Waals surface area (Å²) in [5.41, 5.74) is 2.74. The lowest BCUT2D eigenvalue weighted by atomic mass is 10.1. The van der Waals surface area contributed by atoms with Crippen LogP contribution in [-0.4, -0.2) is 11.3 Å².